The summed E-state index contributed by atoms with van der Waals surface area (Å²) in [4.78, 5) is 34.9. The maximum atomic E-state index is 11.9. The van der Waals surface area contributed by atoms with Crippen molar-refractivity contribution in [3.63, 3.8) is 0 Å². The van der Waals surface area contributed by atoms with Gasteiger partial charge in [-0.2, -0.15) is 0 Å². The van der Waals surface area contributed by atoms with Crippen molar-refractivity contribution in [2.24, 2.45) is 5.92 Å². The number of quaternary nitrogens is 1. The highest BCUT2D eigenvalue weighted by molar-refractivity contribution is 5.88. The molecule has 8 nitrogen and oxygen atoms in total. The van der Waals surface area contributed by atoms with Crippen molar-refractivity contribution in [1.29, 1.82) is 0 Å². The summed E-state index contributed by atoms with van der Waals surface area (Å²) in [6, 6.07) is 4.25. The molecule has 0 aliphatic rings. The van der Waals surface area contributed by atoms with Crippen LogP contribution in [0.15, 0.2) is 24.3 Å². The molecule has 0 heterocycles. The Morgan fingerprint density at radius 2 is 1.80 bits per heavy atom. The topological polar surface area (TPSA) is 146 Å². The average molecular weight is 351 g/mol. The number of amides is 2. The number of hydrogen-bond acceptors (Lipinski definition) is 5. The molecule has 1 aromatic carbocycles. The van der Waals surface area contributed by atoms with Gasteiger partial charge in [-0.15, -0.1) is 0 Å². The molecule has 0 bridgehead atoms. The summed E-state index contributed by atoms with van der Waals surface area (Å²) in [5.41, 5.74) is 4.36. The summed E-state index contributed by atoms with van der Waals surface area (Å²) < 4.78 is 0. The highest BCUT2D eigenvalue weighted by atomic mass is 16.4. The van der Waals surface area contributed by atoms with E-state index < -0.39 is 24.0 Å². The first kappa shape index (κ1) is 20.4. The van der Waals surface area contributed by atoms with Gasteiger partial charge in [-0.1, -0.05) is 26.0 Å². The molecule has 0 saturated carbocycles. The molecule has 8 heteroatoms. The van der Waals surface area contributed by atoms with Crippen LogP contribution in [0.25, 0.3) is 0 Å². The van der Waals surface area contributed by atoms with Gasteiger partial charge >= 0.3 is 0 Å². The van der Waals surface area contributed by atoms with Crippen LogP contribution in [0.2, 0.25) is 0 Å². The fraction of sp³-hybridized carbons (Fsp3) is 0.471. The lowest BCUT2D eigenvalue weighted by molar-refractivity contribution is -0.406. The molecule has 2 amide bonds. The largest absolute Gasteiger partial charge is 0.548 e. The van der Waals surface area contributed by atoms with Gasteiger partial charge in [0.1, 0.15) is 5.75 Å². The number of aromatic hydroxyl groups is 1. The first-order chi connectivity index (χ1) is 11.7. The van der Waals surface area contributed by atoms with Gasteiger partial charge in [0.05, 0.1) is 18.6 Å². The molecule has 6 N–H and O–H groups in total. The summed E-state index contributed by atoms with van der Waals surface area (Å²) in [6.45, 7) is 3.60. The summed E-state index contributed by atoms with van der Waals surface area (Å²) in [5.74, 6) is -2.05. The SMILES string of the molecule is CC(C)C[C@H]([NH3+])C(=O)NCC(=O)N[C@@H](Cc1ccc(O)cc1)C(=O)[O-]. The molecule has 138 valence electrons. The lowest BCUT2D eigenvalue weighted by atomic mass is 10.0. The van der Waals surface area contributed by atoms with Gasteiger partial charge < -0.3 is 31.4 Å². The van der Waals surface area contributed by atoms with E-state index in [4.69, 9.17) is 0 Å². The monoisotopic (exact) mass is 351 g/mol. The van der Waals surface area contributed by atoms with Crippen molar-refractivity contribution in [3.05, 3.63) is 29.8 Å². The predicted molar refractivity (Wildman–Crippen MR) is 87.9 cm³/mol. The van der Waals surface area contributed by atoms with Crippen LogP contribution in [-0.2, 0) is 20.8 Å². The summed E-state index contributed by atoms with van der Waals surface area (Å²) in [5, 5.41) is 25.2. The molecule has 0 spiro atoms. The van der Waals surface area contributed by atoms with E-state index in [9.17, 15) is 24.6 Å². The number of benzene rings is 1. The van der Waals surface area contributed by atoms with Gasteiger partial charge in [0.2, 0.25) is 5.91 Å². The van der Waals surface area contributed by atoms with Crippen LogP contribution in [0.5, 0.6) is 5.75 Å². The highest BCUT2D eigenvalue weighted by Crippen LogP contribution is 2.11. The summed E-state index contributed by atoms with van der Waals surface area (Å²) >= 11 is 0. The molecule has 0 aliphatic carbocycles. The Hall–Kier alpha value is -2.61. The van der Waals surface area contributed by atoms with E-state index >= 15 is 0 Å². The number of carbonyl (C=O) groups is 3. The maximum absolute atomic E-state index is 11.9. The van der Waals surface area contributed by atoms with Crippen LogP contribution in [0.1, 0.15) is 25.8 Å². The standard InChI is InChI=1S/C17H25N3O5/c1-10(2)7-13(18)16(23)19-9-15(22)20-14(17(24)25)8-11-3-5-12(21)6-4-11/h3-6,10,13-14,21H,7-9,18H2,1-2H3,(H,19,23)(H,20,22)(H,24,25)/t13-,14-/m0/s1. The number of carboxylic acid groups (broad SMARTS) is 1. The average Bonchev–Trinajstić information content (AvgIpc) is 2.53. The molecule has 0 saturated heterocycles. The second-order valence-corrected chi connectivity index (χ2v) is 6.35. The van der Waals surface area contributed by atoms with Gasteiger partial charge in [0, 0.05) is 6.42 Å². The third-order valence-electron chi connectivity index (χ3n) is 3.55. The minimum Gasteiger partial charge on any atom is -0.548 e. The predicted octanol–water partition coefficient (Wildman–Crippen LogP) is -2.06. The van der Waals surface area contributed by atoms with Crippen LogP contribution in [-0.4, -0.2) is 41.5 Å². The van der Waals surface area contributed by atoms with Crippen molar-refractivity contribution < 1.29 is 30.3 Å². The van der Waals surface area contributed by atoms with Crippen molar-refractivity contribution in [3.8, 4) is 5.75 Å². The van der Waals surface area contributed by atoms with Crippen molar-refractivity contribution in [2.45, 2.75) is 38.8 Å². The number of hydrogen-bond donors (Lipinski definition) is 4. The van der Waals surface area contributed by atoms with Crippen LogP contribution >= 0.6 is 0 Å². The van der Waals surface area contributed by atoms with Gasteiger partial charge in [-0.05, 0) is 30.0 Å². The number of rotatable bonds is 9. The van der Waals surface area contributed by atoms with Gasteiger partial charge in [0.25, 0.3) is 5.91 Å². The molecule has 0 radical (unpaired) electrons. The fourth-order valence-corrected chi connectivity index (χ4v) is 2.29. The highest BCUT2D eigenvalue weighted by Gasteiger charge is 2.20. The molecule has 1 aromatic rings. The number of nitrogens with one attached hydrogen (secondary N) is 2. The molecule has 2 atom stereocenters. The molecule has 0 fully saturated rings. The Morgan fingerprint density at radius 1 is 1.20 bits per heavy atom. The van der Waals surface area contributed by atoms with Crippen LogP contribution < -0.4 is 21.5 Å². The van der Waals surface area contributed by atoms with E-state index in [1.807, 2.05) is 13.8 Å². The van der Waals surface area contributed by atoms with Crippen LogP contribution in [0.4, 0.5) is 0 Å². The summed E-state index contributed by atoms with van der Waals surface area (Å²) in [7, 11) is 0. The zero-order chi connectivity index (χ0) is 19.0. The molecular formula is C17H25N3O5. The zero-order valence-corrected chi connectivity index (χ0v) is 14.5. The molecule has 0 unspecified atom stereocenters. The van der Waals surface area contributed by atoms with E-state index in [0.717, 1.165) is 0 Å². The Morgan fingerprint density at radius 3 is 2.32 bits per heavy atom. The van der Waals surface area contributed by atoms with E-state index in [1.54, 1.807) is 12.1 Å². The fourth-order valence-electron chi connectivity index (χ4n) is 2.29. The van der Waals surface area contributed by atoms with E-state index in [1.165, 1.54) is 12.1 Å². The van der Waals surface area contributed by atoms with Gasteiger partial charge in [-0.25, -0.2) is 0 Å². The smallest absolute Gasteiger partial charge is 0.278 e. The number of aliphatic carboxylic acids is 1. The normalized spacial score (nSPS) is 13.1. The molecule has 25 heavy (non-hydrogen) atoms. The van der Waals surface area contributed by atoms with Crippen molar-refractivity contribution in [2.75, 3.05) is 6.54 Å². The Labute approximate surface area is 146 Å². The maximum Gasteiger partial charge on any atom is 0.278 e. The molecule has 0 aromatic heterocycles. The number of phenolic OH excluding ortho intramolecular Hbond substituents is 1. The Balaban J connectivity index is 2.52. The third kappa shape index (κ3) is 7.67. The van der Waals surface area contributed by atoms with Crippen LogP contribution in [0.3, 0.4) is 0 Å². The van der Waals surface area contributed by atoms with Crippen molar-refractivity contribution in [1.82, 2.24) is 10.6 Å². The molecule has 0 aliphatic heterocycles. The number of phenols is 1. The second kappa shape index (κ2) is 9.63. The van der Waals surface area contributed by atoms with Crippen molar-refractivity contribution >= 4 is 17.8 Å². The minimum atomic E-state index is -1.43. The van der Waals surface area contributed by atoms with E-state index in [-0.39, 0.29) is 24.6 Å². The lowest BCUT2D eigenvalue weighted by Crippen LogP contribution is -2.68. The lowest BCUT2D eigenvalue weighted by Gasteiger charge is -2.20. The van der Waals surface area contributed by atoms with Gasteiger partial charge in [-0.3, -0.25) is 9.59 Å². The molecular weight excluding hydrogens is 326 g/mol. The van der Waals surface area contributed by atoms with E-state index in [0.29, 0.717) is 17.9 Å². The quantitative estimate of drug-likeness (QED) is 0.404. The first-order valence-electron chi connectivity index (χ1n) is 8.08. The number of carboxylic acids is 1. The van der Waals surface area contributed by atoms with Gasteiger partial charge in [0.15, 0.2) is 6.04 Å². The van der Waals surface area contributed by atoms with Crippen LogP contribution in [0, 0.1) is 5.92 Å². The second-order valence-electron chi connectivity index (χ2n) is 6.35. The third-order valence-corrected chi connectivity index (χ3v) is 3.55. The minimum absolute atomic E-state index is 0.00755. The van der Waals surface area contributed by atoms with E-state index in [2.05, 4.69) is 16.4 Å². The summed E-state index contributed by atoms with van der Waals surface area (Å²) in [6.07, 6.45) is 0.601. The Kier molecular flexibility index (Phi) is 7.87. The number of carbonyl (C=O) groups excluding carboxylic acids is 3. The Bertz CT molecular complexity index is 601. The first-order valence-corrected chi connectivity index (χ1v) is 8.08. The molecule has 1 rings (SSSR count). The zero-order valence-electron chi connectivity index (χ0n) is 14.5.